The first-order chi connectivity index (χ1) is 12.6. The van der Waals surface area contributed by atoms with Crippen LogP contribution in [0, 0.1) is 0 Å². The third-order valence-corrected chi connectivity index (χ3v) is 4.43. The molecule has 26 heavy (non-hydrogen) atoms. The molecule has 1 amide bonds. The average molecular weight is 389 g/mol. The molecule has 0 saturated heterocycles. The molecule has 2 heterocycles. The molecule has 3 aromatic rings. The van der Waals surface area contributed by atoms with Crippen molar-refractivity contribution in [3.63, 3.8) is 0 Å². The fourth-order valence-electron chi connectivity index (χ4n) is 2.07. The first-order valence-electron chi connectivity index (χ1n) is 7.40. The highest BCUT2D eigenvalue weighted by molar-refractivity contribution is 7.14. The molecule has 0 aliphatic carbocycles. The van der Waals surface area contributed by atoms with Crippen molar-refractivity contribution in [2.24, 2.45) is 5.10 Å². The third-order valence-electron chi connectivity index (χ3n) is 3.21. The minimum Gasteiger partial charge on any atom is -0.275 e. The second kappa shape index (κ2) is 7.89. The SMILES string of the molecule is CC(=O)N(c1ccccc1)c1nc(/C=N\Nc2cn[nH]c(=O)c2Cl)cs1. The van der Waals surface area contributed by atoms with Crippen molar-refractivity contribution in [3.8, 4) is 0 Å². The van der Waals surface area contributed by atoms with Crippen molar-refractivity contribution in [2.75, 3.05) is 10.3 Å². The van der Waals surface area contributed by atoms with E-state index in [2.05, 4.69) is 25.7 Å². The van der Waals surface area contributed by atoms with Crippen molar-refractivity contribution in [3.05, 3.63) is 63.0 Å². The zero-order valence-corrected chi connectivity index (χ0v) is 15.1. The van der Waals surface area contributed by atoms with Gasteiger partial charge in [0.1, 0.15) is 10.7 Å². The molecule has 10 heteroatoms. The van der Waals surface area contributed by atoms with E-state index in [-0.39, 0.29) is 16.6 Å². The Morgan fingerprint density at radius 1 is 1.38 bits per heavy atom. The van der Waals surface area contributed by atoms with Gasteiger partial charge in [-0.05, 0) is 12.1 Å². The lowest BCUT2D eigenvalue weighted by Gasteiger charge is -2.17. The number of carbonyl (C=O) groups excluding carboxylic acids is 1. The maximum absolute atomic E-state index is 12.0. The number of H-pyrrole nitrogens is 1. The van der Waals surface area contributed by atoms with Gasteiger partial charge in [0.05, 0.1) is 23.8 Å². The molecular formula is C16H13ClN6O2S. The van der Waals surface area contributed by atoms with Crippen molar-refractivity contribution in [2.45, 2.75) is 6.92 Å². The van der Waals surface area contributed by atoms with Crippen LogP contribution in [0.4, 0.5) is 16.5 Å². The fraction of sp³-hybridized carbons (Fsp3) is 0.0625. The van der Waals surface area contributed by atoms with E-state index >= 15 is 0 Å². The average Bonchev–Trinajstić information content (AvgIpc) is 3.08. The highest BCUT2D eigenvalue weighted by Crippen LogP contribution is 2.28. The van der Waals surface area contributed by atoms with Gasteiger partial charge in [0.15, 0.2) is 5.13 Å². The Kier molecular flexibility index (Phi) is 5.40. The van der Waals surface area contributed by atoms with Crippen LogP contribution in [0.2, 0.25) is 5.02 Å². The number of hydrogen-bond acceptors (Lipinski definition) is 7. The maximum atomic E-state index is 12.0. The van der Waals surface area contributed by atoms with Gasteiger partial charge in [0.25, 0.3) is 5.56 Å². The molecule has 0 unspecified atom stereocenters. The van der Waals surface area contributed by atoms with Crippen LogP contribution < -0.4 is 15.9 Å². The van der Waals surface area contributed by atoms with Gasteiger partial charge in [-0.3, -0.25) is 19.9 Å². The summed E-state index contributed by atoms with van der Waals surface area (Å²) in [6.07, 6.45) is 2.81. The van der Waals surface area contributed by atoms with Crippen LogP contribution in [0.3, 0.4) is 0 Å². The number of aromatic amines is 1. The molecule has 8 nitrogen and oxygen atoms in total. The quantitative estimate of drug-likeness (QED) is 0.516. The van der Waals surface area contributed by atoms with Crippen molar-refractivity contribution < 1.29 is 4.79 Å². The molecule has 132 valence electrons. The summed E-state index contributed by atoms with van der Waals surface area (Å²) in [6.45, 7) is 1.48. The molecule has 0 saturated carbocycles. The van der Waals surface area contributed by atoms with E-state index in [1.165, 1.54) is 35.6 Å². The summed E-state index contributed by atoms with van der Waals surface area (Å²) < 4.78 is 0. The molecule has 3 rings (SSSR count). The standard InChI is InChI=1S/C16H13ClN6O2S/c1-10(24)23(12-5-3-2-4-6-12)16-20-11(9-26-16)7-18-21-13-8-19-22-15(25)14(13)17/h2-9H,1H3,(H2,21,22,25)/b18-7-. The van der Waals surface area contributed by atoms with E-state index in [1.807, 2.05) is 30.3 Å². The first-order valence-corrected chi connectivity index (χ1v) is 8.65. The summed E-state index contributed by atoms with van der Waals surface area (Å²) in [7, 11) is 0. The van der Waals surface area contributed by atoms with Crippen LogP contribution in [0.5, 0.6) is 0 Å². The Morgan fingerprint density at radius 3 is 2.88 bits per heavy atom. The molecular weight excluding hydrogens is 376 g/mol. The van der Waals surface area contributed by atoms with Crippen LogP contribution in [0.25, 0.3) is 0 Å². The highest BCUT2D eigenvalue weighted by Gasteiger charge is 2.17. The summed E-state index contributed by atoms with van der Waals surface area (Å²) >= 11 is 7.16. The monoisotopic (exact) mass is 388 g/mol. The van der Waals surface area contributed by atoms with E-state index in [0.29, 0.717) is 10.8 Å². The van der Waals surface area contributed by atoms with Crippen LogP contribution >= 0.6 is 22.9 Å². The van der Waals surface area contributed by atoms with E-state index < -0.39 is 5.56 Å². The van der Waals surface area contributed by atoms with Crippen molar-refractivity contribution in [1.29, 1.82) is 0 Å². The van der Waals surface area contributed by atoms with E-state index in [4.69, 9.17) is 11.6 Å². The van der Waals surface area contributed by atoms with Crippen LogP contribution in [0.1, 0.15) is 12.6 Å². The van der Waals surface area contributed by atoms with Crippen molar-refractivity contribution >= 4 is 51.6 Å². The number of para-hydroxylation sites is 1. The number of benzene rings is 1. The molecule has 0 fully saturated rings. The predicted molar refractivity (Wildman–Crippen MR) is 102 cm³/mol. The number of nitrogens with zero attached hydrogens (tertiary/aromatic N) is 4. The topological polar surface area (TPSA) is 103 Å². The summed E-state index contributed by atoms with van der Waals surface area (Å²) in [5, 5.41) is 12.1. The molecule has 1 aromatic carbocycles. The number of rotatable bonds is 5. The number of thiazole rings is 1. The number of anilines is 3. The Hall–Kier alpha value is -3.04. The molecule has 0 radical (unpaired) electrons. The van der Waals surface area contributed by atoms with Gasteiger partial charge >= 0.3 is 0 Å². The second-order valence-corrected chi connectivity index (χ2v) is 6.26. The number of halogens is 1. The number of hydrogen-bond donors (Lipinski definition) is 2. The smallest absolute Gasteiger partial charge is 0.275 e. The van der Waals surface area contributed by atoms with Crippen LogP contribution in [-0.4, -0.2) is 27.3 Å². The second-order valence-electron chi connectivity index (χ2n) is 5.04. The van der Waals surface area contributed by atoms with E-state index in [0.717, 1.165) is 5.69 Å². The van der Waals surface area contributed by atoms with Gasteiger partial charge in [0.2, 0.25) is 5.91 Å². The van der Waals surface area contributed by atoms with Gasteiger partial charge in [0, 0.05) is 12.3 Å². The van der Waals surface area contributed by atoms with Crippen LogP contribution in [0.15, 0.2) is 51.8 Å². The number of nitrogens with one attached hydrogen (secondary N) is 2. The third kappa shape index (κ3) is 3.95. The van der Waals surface area contributed by atoms with Gasteiger partial charge in [-0.25, -0.2) is 10.1 Å². The number of amides is 1. The molecule has 0 aliphatic rings. The highest BCUT2D eigenvalue weighted by atomic mass is 35.5. The summed E-state index contributed by atoms with van der Waals surface area (Å²) in [6, 6.07) is 9.25. The molecule has 0 spiro atoms. The van der Waals surface area contributed by atoms with Crippen molar-refractivity contribution in [1.82, 2.24) is 15.2 Å². The van der Waals surface area contributed by atoms with E-state index in [1.54, 1.807) is 5.38 Å². The number of carbonyl (C=O) groups is 1. The van der Waals surface area contributed by atoms with Crippen LogP contribution in [-0.2, 0) is 4.79 Å². The number of aromatic nitrogens is 3. The molecule has 2 N–H and O–H groups in total. The lowest BCUT2D eigenvalue weighted by atomic mass is 10.3. The Labute approximate surface area is 157 Å². The summed E-state index contributed by atoms with van der Waals surface area (Å²) in [4.78, 5) is 29.3. The zero-order chi connectivity index (χ0) is 18.5. The molecule has 0 aliphatic heterocycles. The fourth-order valence-corrected chi connectivity index (χ4v) is 3.04. The van der Waals surface area contributed by atoms with Gasteiger partial charge in [-0.1, -0.05) is 29.8 Å². The minimum absolute atomic E-state index is 0.0389. The first kappa shape index (κ1) is 17.8. The minimum atomic E-state index is -0.511. The van der Waals surface area contributed by atoms with Gasteiger partial charge in [-0.15, -0.1) is 11.3 Å². The lowest BCUT2D eigenvalue weighted by Crippen LogP contribution is -2.22. The Morgan fingerprint density at radius 2 is 2.15 bits per heavy atom. The Bertz CT molecular complexity index is 1000. The maximum Gasteiger partial charge on any atom is 0.285 e. The Balaban J connectivity index is 1.77. The summed E-state index contributed by atoms with van der Waals surface area (Å²) in [5.41, 5.74) is 3.68. The molecule has 0 bridgehead atoms. The molecule has 2 aromatic heterocycles. The number of hydrazone groups is 1. The van der Waals surface area contributed by atoms with Gasteiger partial charge < -0.3 is 0 Å². The van der Waals surface area contributed by atoms with E-state index in [9.17, 15) is 9.59 Å². The zero-order valence-electron chi connectivity index (χ0n) is 13.5. The summed E-state index contributed by atoms with van der Waals surface area (Å²) in [5.74, 6) is -0.145. The normalized spacial score (nSPS) is 10.8. The van der Waals surface area contributed by atoms with Gasteiger partial charge in [-0.2, -0.15) is 10.2 Å². The lowest BCUT2D eigenvalue weighted by molar-refractivity contribution is -0.115. The predicted octanol–water partition coefficient (Wildman–Crippen LogP) is 3.01. The largest absolute Gasteiger partial charge is 0.285 e. The molecule has 0 atom stereocenters.